The van der Waals surface area contributed by atoms with Gasteiger partial charge in [0, 0.05) is 16.4 Å². The lowest BCUT2D eigenvalue weighted by atomic mass is 10.2. The molecule has 3 N–H and O–H groups in total. The molecule has 0 unspecified atom stereocenters. The number of halogens is 2. The average molecular weight is 309 g/mol. The molecule has 2 amide bonds. The summed E-state index contributed by atoms with van der Waals surface area (Å²) in [5.74, 6) is -1.62. The number of amides is 2. The van der Waals surface area contributed by atoms with Crippen molar-refractivity contribution in [3.8, 4) is 0 Å². The highest BCUT2D eigenvalue weighted by Gasteiger charge is 2.06. The summed E-state index contributed by atoms with van der Waals surface area (Å²) in [6.07, 6.45) is 0. The lowest BCUT2D eigenvalue weighted by Crippen LogP contribution is -2.19. The van der Waals surface area contributed by atoms with Crippen LogP contribution in [0.5, 0.6) is 0 Å². The third-order valence-electron chi connectivity index (χ3n) is 2.51. The van der Waals surface area contributed by atoms with Crippen LogP contribution >= 0.6 is 11.6 Å². The summed E-state index contributed by atoms with van der Waals surface area (Å²) in [6.45, 7) is 0. The third kappa shape index (κ3) is 4.19. The van der Waals surface area contributed by atoms with E-state index in [0.717, 1.165) is 12.1 Å². The Kier molecular flexibility index (Phi) is 4.39. The number of anilines is 2. The van der Waals surface area contributed by atoms with Crippen molar-refractivity contribution in [1.82, 2.24) is 0 Å². The van der Waals surface area contributed by atoms with E-state index in [2.05, 4.69) is 10.6 Å². The SMILES string of the molecule is O=C(Nc1ccc(C(=O)O)cc1)Nc1cc(F)cc(Cl)c1. The molecule has 2 rings (SSSR count). The second kappa shape index (κ2) is 6.23. The smallest absolute Gasteiger partial charge is 0.335 e. The van der Waals surface area contributed by atoms with E-state index in [1.807, 2.05) is 0 Å². The first kappa shape index (κ1) is 14.8. The van der Waals surface area contributed by atoms with Gasteiger partial charge in [-0.2, -0.15) is 0 Å². The van der Waals surface area contributed by atoms with Gasteiger partial charge in [0.25, 0.3) is 0 Å². The number of carbonyl (C=O) groups is 2. The molecule has 0 fully saturated rings. The molecule has 2 aromatic rings. The van der Waals surface area contributed by atoms with E-state index in [1.165, 1.54) is 30.3 Å². The Morgan fingerprint density at radius 3 is 2.19 bits per heavy atom. The summed E-state index contributed by atoms with van der Waals surface area (Å²) in [5, 5.41) is 13.8. The van der Waals surface area contributed by atoms with Gasteiger partial charge < -0.3 is 15.7 Å². The minimum absolute atomic E-state index is 0.109. The molecule has 0 aromatic heterocycles. The van der Waals surface area contributed by atoms with Crippen molar-refractivity contribution in [1.29, 1.82) is 0 Å². The van der Waals surface area contributed by atoms with Crippen LogP contribution < -0.4 is 10.6 Å². The molecule has 0 heterocycles. The van der Waals surface area contributed by atoms with Gasteiger partial charge in [0.2, 0.25) is 0 Å². The van der Waals surface area contributed by atoms with Crippen LogP contribution in [0.4, 0.5) is 20.6 Å². The van der Waals surface area contributed by atoms with Gasteiger partial charge in [-0.25, -0.2) is 14.0 Å². The molecule has 5 nitrogen and oxygen atoms in total. The van der Waals surface area contributed by atoms with Crippen molar-refractivity contribution in [3.05, 3.63) is 58.9 Å². The Balaban J connectivity index is 2.02. The fraction of sp³-hybridized carbons (Fsp3) is 0. The predicted octanol–water partition coefficient (Wildman–Crippen LogP) is 3.82. The van der Waals surface area contributed by atoms with Crippen LogP contribution in [0.25, 0.3) is 0 Å². The Bertz CT molecular complexity index is 669. The van der Waals surface area contributed by atoms with Crippen molar-refractivity contribution in [2.75, 3.05) is 10.6 Å². The van der Waals surface area contributed by atoms with E-state index >= 15 is 0 Å². The first-order valence-corrected chi connectivity index (χ1v) is 6.19. The molecule has 0 aliphatic carbocycles. The van der Waals surface area contributed by atoms with Crippen LogP contribution in [0.2, 0.25) is 5.02 Å². The summed E-state index contributed by atoms with van der Waals surface area (Å²) in [7, 11) is 0. The van der Waals surface area contributed by atoms with Crippen molar-refractivity contribution < 1.29 is 19.1 Å². The molecule has 0 radical (unpaired) electrons. The second-order valence-electron chi connectivity index (χ2n) is 4.12. The molecule has 7 heteroatoms. The molecule has 108 valence electrons. The average Bonchev–Trinajstić information content (AvgIpc) is 2.37. The maximum atomic E-state index is 13.1. The van der Waals surface area contributed by atoms with E-state index < -0.39 is 17.8 Å². The van der Waals surface area contributed by atoms with Gasteiger partial charge in [-0.15, -0.1) is 0 Å². The number of hydrogen-bond acceptors (Lipinski definition) is 2. The Hall–Kier alpha value is -2.60. The number of carbonyl (C=O) groups excluding carboxylic acids is 1. The number of rotatable bonds is 3. The van der Waals surface area contributed by atoms with Gasteiger partial charge in [0.05, 0.1) is 5.56 Å². The summed E-state index contributed by atoms with van der Waals surface area (Å²) < 4.78 is 13.1. The van der Waals surface area contributed by atoms with Crippen LogP contribution in [0.1, 0.15) is 10.4 Å². The molecule has 0 spiro atoms. The number of urea groups is 1. The zero-order valence-electron chi connectivity index (χ0n) is 10.6. The standard InChI is InChI=1S/C14H10ClFN2O3/c15-9-5-10(16)7-12(6-9)18-14(21)17-11-3-1-8(2-4-11)13(19)20/h1-7H,(H,19,20)(H2,17,18,21). The minimum atomic E-state index is -1.06. The van der Waals surface area contributed by atoms with Gasteiger partial charge in [-0.3, -0.25) is 0 Å². The summed E-state index contributed by atoms with van der Waals surface area (Å²) in [6, 6.07) is 8.66. The molecule has 0 atom stereocenters. The van der Waals surface area contributed by atoms with Gasteiger partial charge in [-0.05, 0) is 42.5 Å². The predicted molar refractivity (Wildman–Crippen MR) is 77.5 cm³/mol. The Morgan fingerprint density at radius 2 is 1.62 bits per heavy atom. The van der Waals surface area contributed by atoms with E-state index in [4.69, 9.17) is 16.7 Å². The fourth-order valence-corrected chi connectivity index (χ4v) is 1.84. The van der Waals surface area contributed by atoms with Gasteiger partial charge in [0.1, 0.15) is 5.82 Å². The maximum absolute atomic E-state index is 13.1. The van der Waals surface area contributed by atoms with Crippen LogP contribution in [-0.2, 0) is 0 Å². The van der Waals surface area contributed by atoms with Crippen LogP contribution in [0.3, 0.4) is 0 Å². The third-order valence-corrected chi connectivity index (χ3v) is 2.73. The van der Waals surface area contributed by atoms with Crippen molar-refractivity contribution in [2.24, 2.45) is 0 Å². The zero-order chi connectivity index (χ0) is 15.4. The molecule has 21 heavy (non-hydrogen) atoms. The van der Waals surface area contributed by atoms with Crippen molar-refractivity contribution in [3.63, 3.8) is 0 Å². The molecule has 2 aromatic carbocycles. The normalized spacial score (nSPS) is 10.0. The molecular weight excluding hydrogens is 299 g/mol. The van der Waals surface area contributed by atoms with Crippen LogP contribution in [0, 0.1) is 5.82 Å². The first-order chi connectivity index (χ1) is 9.94. The maximum Gasteiger partial charge on any atom is 0.335 e. The number of carboxylic acids is 1. The molecule has 0 saturated carbocycles. The molecule has 0 aliphatic rings. The van der Waals surface area contributed by atoms with E-state index in [0.29, 0.717) is 5.69 Å². The van der Waals surface area contributed by atoms with Crippen molar-refractivity contribution >= 4 is 35.0 Å². The van der Waals surface area contributed by atoms with E-state index in [9.17, 15) is 14.0 Å². The zero-order valence-corrected chi connectivity index (χ0v) is 11.3. The van der Waals surface area contributed by atoms with Gasteiger partial charge >= 0.3 is 12.0 Å². The minimum Gasteiger partial charge on any atom is -0.478 e. The van der Waals surface area contributed by atoms with E-state index in [1.54, 1.807) is 0 Å². The van der Waals surface area contributed by atoms with Crippen LogP contribution in [-0.4, -0.2) is 17.1 Å². The number of benzene rings is 2. The fourth-order valence-electron chi connectivity index (χ4n) is 1.62. The second-order valence-corrected chi connectivity index (χ2v) is 4.56. The van der Waals surface area contributed by atoms with Gasteiger partial charge in [0.15, 0.2) is 0 Å². The highest BCUT2D eigenvalue weighted by atomic mass is 35.5. The molecule has 0 bridgehead atoms. The number of aromatic carboxylic acids is 1. The Morgan fingerprint density at radius 1 is 1.00 bits per heavy atom. The summed E-state index contributed by atoms with van der Waals surface area (Å²) >= 11 is 5.67. The topological polar surface area (TPSA) is 78.4 Å². The highest BCUT2D eigenvalue weighted by molar-refractivity contribution is 6.30. The Labute approximate surface area is 124 Å². The summed E-state index contributed by atoms with van der Waals surface area (Å²) in [5.41, 5.74) is 0.720. The van der Waals surface area contributed by atoms with Crippen LogP contribution in [0.15, 0.2) is 42.5 Å². The summed E-state index contributed by atoms with van der Waals surface area (Å²) in [4.78, 5) is 22.4. The monoisotopic (exact) mass is 308 g/mol. The number of nitrogens with one attached hydrogen (secondary N) is 2. The largest absolute Gasteiger partial charge is 0.478 e. The quantitative estimate of drug-likeness (QED) is 0.806. The van der Waals surface area contributed by atoms with E-state index in [-0.39, 0.29) is 16.3 Å². The van der Waals surface area contributed by atoms with Crippen molar-refractivity contribution in [2.45, 2.75) is 0 Å². The lowest BCUT2D eigenvalue weighted by molar-refractivity contribution is 0.0697. The van der Waals surface area contributed by atoms with Gasteiger partial charge in [-0.1, -0.05) is 11.6 Å². The lowest BCUT2D eigenvalue weighted by Gasteiger charge is -2.08. The number of hydrogen-bond donors (Lipinski definition) is 3. The number of carboxylic acid groups (broad SMARTS) is 1. The molecule has 0 saturated heterocycles. The highest BCUT2D eigenvalue weighted by Crippen LogP contribution is 2.18. The molecule has 0 aliphatic heterocycles. The molecular formula is C14H10ClFN2O3. The first-order valence-electron chi connectivity index (χ1n) is 5.81.